The highest BCUT2D eigenvalue weighted by molar-refractivity contribution is 5.83. The van der Waals surface area contributed by atoms with Crippen LogP contribution in [0.5, 0.6) is 11.5 Å². The number of fused-ring (bicyclic) bond motifs is 1. The number of rotatable bonds is 12. The second-order valence-corrected chi connectivity index (χ2v) is 11.9. The summed E-state index contributed by atoms with van der Waals surface area (Å²) in [5.41, 5.74) is 3.97. The van der Waals surface area contributed by atoms with Crippen LogP contribution in [0.1, 0.15) is 44.5 Å². The van der Waals surface area contributed by atoms with E-state index in [4.69, 9.17) is 24.5 Å². The summed E-state index contributed by atoms with van der Waals surface area (Å²) in [7, 11) is 3.20. The molecule has 0 saturated carbocycles. The molecule has 7 aromatic rings. The Hall–Kier alpha value is -7.04. The molecule has 1 atom stereocenters. The van der Waals surface area contributed by atoms with Crippen molar-refractivity contribution in [1.82, 2.24) is 29.5 Å². The Morgan fingerprint density at radius 3 is 2.21 bits per heavy atom. The van der Waals surface area contributed by atoms with E-state index < -0.39 is 11.9 Å². The van der Waals surface area contributed by atoms with E-state index in [1.54, 1.807) is 44.7 Å². The maximum atomic E-state index is 15.3. The third-order valence-corrected chi connectivity index (χ3v) is 8.66. The van der Waals surface area contributed by atoms with Gasteiger partial charge >= 0.3 is 0 Å². The number of ether oxygens (including phenoxy) is 2. The normalized spacial score (nSPS) is 11.5. The van der Waals surface area contributed by atoms with Gasteiger partial charge in [0.05, 0.1) is 31.5 Å². The number of halogens is 1. The summed E-state index contributed by atoms with van der Waals surface area (Å²) >= 11 is 0. The molecule has 3 aromatic heterocycles. The molecule has 0 aliphatic heterocycles. The van der Waals surface area contributed by atoms with Gasteiger partial charge in [-0.3, -0.25) is 4.79 Å². The zero-order valence-corrected chi connectivity index (χ0v) is 28.6. The smallest absolute Gasteiger partial charge is 0.199 e. The number of hydrogen-bond acceptors (Lipinski definition) is 11. The number of aliphatic hydroxyl groups is 1. The van der Waals surface area contributed by atoms with Crippen molar-refractivity contribution in [3.8, 4) is 40.2 Å². The van der Waals surface area contributed by atoms with Crippen LogP contribution in [-0.4, -0.2) is 55.2 Å². The van der Waals surface area contributed by atoms with Crippen molar-refractivity contribution in [2.75, 3.05) is 19.1 Å². The van der Waals surface area contributed by atoms with Gasteiger partial charge in [0, 0.05) is 36.0 Å². The number of aromatic nitrogens is 6. The minimum atomic E-state index is -1.72. The second kappa shape index (κ2) is 15.1. The molecule has 0 radical (unpaired) electrons. The maximum absolute atomic E-state index is 15.3. The Bertz CT molecular complexity index is 2400. The van der Waals surface area contributed by atoms with Gasteiger partial charge < -0.3 is 19.5 Å². The standard InChI is InChI=1S/C40H31FN8O4/c1-52-30-13-9-25(10-14-30)21-48(22-26-11-15-31(53-2)16-12-26)39-40-46-38(37(51)34-29(23-50)7-4-8-32(34)41)47-49(40)36(33-17-18-43-24-44-33)35(45-39)28-6-3-5-27(19-28)20-42/h3-19,23-24,37,51H,21-22H2,1-2H3. The zero-order chi connectivity index (χ0) is 36.9. The molecule has 0 saturated heterocycles. The molecular formula is C40H31FN8O4. The number of aldehydes is 1. The summed E-state index contributed by atoms with van der Waals surface area (Å²) in [6.07, 6.45) is 1.71. The van der Waals surface area contributed by atoms with Gasteiger partial charge in [-0.15, -0.1) is 5.10 Å². The van der Waals surface area contributed by atoms with Crippen molar-refractivity contribution in [2.45, 2.75) is 19.2 Å². The lowest BCUT2D eigenvalue weighted by Gasteiger charge is -2.26. The van der Waals surface area contributed by atoms with Crippen molar-refractivity contribution in [3.05, 3.63) is 149 Å². The quantitative estimate of drug-likeness (QED) is 0.141. The van der Waals surface area contributed by atoms with Gasteiger partial charge in [-0.25, -0.2) is 28.8 Å². The van der Waals surface area contributed by atoms with Crippen molar-refractivity contribution < 1.29 is 23.8 Å². The van der Waals surface area contributed by atoms with E-state index in [1.165, 1.54) is 23.0 Å². The number of nitriles is 1. The van der Waals surface area contributed by atoms with Crippen molar-refractivity contribution in [1.29, 1.82) is 5.26 Å². The molecule has 262 valence electrons. The van der Waals surface area contributed by atoms with Crippen molar-refractivity contribution in [3.63, 3.8) is 0 Å². The number of methoxy groups -OCH3 is 2. The molecule has 13 heteroatoms. The van der Waals surface area contributed by atoms with E-state index in [2.05, 4.69) is 16.0 Å². The molecule has 4 aromatic carbocycles. The molecule has 0 amide bonds. The van der Waals surface area contributed by atoms with Gasteiger partial charge in [-0.1, -0.05) is 48.5 Å². The summed E-state index contributed by atoms with van der Waals surface area (Å²) in [5.74, 6) is 0.799. The lowest BCUT2D eigenvalue weighted by atomic mass is 10.0. The lowest BCUT2D eigenvalue weighted by molar-refractivity contribution is 0.111. The fraction of sp³-hybridized carbons (Fsp3) is 0.125. The van der Waals surface area contributed by atoms with Crippen LogP contribution in [-0.2, 0) is 13.1 Å². The highest BCUT2D eigenvalue weighted by Crippen LogP contribution is 2.37. The Labute approximate surface area is 303 Å². The molecular weight excluding hydrogens is 675 g/mol. The molecule has 0 aliphatic rings. The summed E-state index contributed by atoms with van der Waals surface area (Å²) in [5, 5.41) is 26.2. The lowest BCUT2D eigenvalue weighted by Crippen LogP contribution is -2.25. The van der Waals surface area contributed by atoms with Crippen LogP contribution < -0.4 is 14.4 Å². The predicted octanol–water partition coefficient (Wildman–Crippen LogP) is 6.38. The van der Waals surface area contributed by atoms with Crippen LogP contribution >= 0.6 is 0 Å². The fourth-order valence-electron chi connectivity index (χ4n) is 6.05. The van der Waals surface area contributed by atoms with Gasteiger partial charge in [0.25, 0.3) is 0 Å². The number of carbonyl (C=O) groups is 1. The third kappa shape index (κ3) is 6.99. The van der Waals surface area contributed by atoms with Gasteiger partial charge in [-0.05, 0) is 59.7 Å². The van der Waals surface area contributed by atoms with Crippen LogP contribution in [0, 0.1) is 17.1 Å². The summed E-state index contributed by atoms with van der Waals surface area (Å²) in [4.78, 5) is 32.6. The first kappa shape index (κ1) is 34.4. The SMILES string of the molecule is COc1ccc(CN(Cc2ccc(OC)cc2)c2nc(-c3cccc(C#N)c3)c(-c3ccncn3)n3nc(C(O)c4c(F)cccc4C=O)nc23)cc1. The Morgan fingerprint density at radius 2 is 1.60 bits per heavy atom. The van der Waals surface area contributed by atoms with E-state index in [1.807, 2.05) is 59.5 Å². The average Bonchev–Trinajstić information content (AvgIpc) is 3.66. The Morgan fingerprint density at radius 1 is 0.925 bits per heavy atom. The minimum absolute atomic E-state index is 0.0413. The summed E-state index contributed by atoms with van der Waals surface area (Å²) in [6, 6.07) is 30.1. The van der Waals surface area contributed by atoms with E-state index in [0.29, 0.717) is 64.9 Å². The number of nitrogens with zero attached hydrogens (tertiary/aromatic N) is 8. The number of anilines is 1. The Kier molecular flexibility index (Phi) is 9.78. The monoisotopic (exact) mass is 706 g/mol. The largest absolute Gasteiger partial charge is 0.497 e. The van der Waals surface area contributed by atoms with Crippen LogP contribution in [0.3, 0.4) is 0 Å². The first-order chi connectivity index (χ1) is 25.9. The van der Waals surface area contributed by atoms with E-state index in [0.717, 1.165) is 17.2 Å². The number of hydrogen-bond donors (Lipinski definition) is 1. The van der Waals surface area contributed by atoms with Crippen LogP contribution in [0.25, 0.3) is 28.3 Å². The van der Waals surface area contributed by atoms with E-state index in [9.17, 15) is 15.2 Å². The molecule has 0 spiro atoms. The molecule has 1 N–H and O–H groups in total. The summed E-state index contributed by atoms with van der Waals surface area (Å²) < 4.78 is 27.6. The van der Waals surface area contributed by atoms with E-state index >= 15 is 4.39 Å². The molecule has 0 bridgehead atoms. The van der Waals surface area contributed by atoms with Gasteiger partial charge in [0.15, 0.2) is 23.6 Å². The van der Waals surface area contributed by atoms with Crippen LogP contribution in [0.15, 0.2) is 110 Å². The third-order valence-electron chi connectivity index (χ3n) is 8.66. The molecule has 0 aliphatic carbocycles. The highest BCUT2D eigenvalue weighted by atomic mass is 19.1. The molecule has 0 fully saturated rings. The average molecular weight is 707 g/mol. The van der Waals surface area contributed by atoms with Gasteiger partial charge in [0.1, 0.15) is 41.1 Å². The Balaban J connectivity index is 1.52. The summed E-state index contributed by atoms with van der Waals surface area (Å²) in [6.45, 7) is 0.688. The molecule has 53 heavy (non-hydrogen) atoms. The molecule has 3 heterocycles. The topological polar surface area (TPSA) is 152 Å². The zero-order valence-electron chi connectivity index (χ0n) is 28.6. The predicted molar refractivity (Wildman–Crippen MR) is 194 cm³/mol. The number of benzene rings is 4. The van der Waals surface area contributed by atoms with E-state index in [-0.39, 0.29) is 22.6 Å². The van der Waals surface area contributed by atoms with Crippen molar-refractivity contribution in [2.24, 2.45) is 0 Å². The number of carbonyl (C=O) groups excluding carboxylic acids is 1. The molecule has 1 unspecified atom stereocenters. The minimum Gasteiger partial charge on any atom is -0.497 e. The second-order valence-electron chi connectivity index (χ2n) is 11.9. The maximum Gasteiger partial charge on any atom is 0.199 e. The van der Waals surface area contributed by atoms with Crippen molar-refractivity contribution >= 4 is 17.8 Å². The highest BCUT2D eigenvalue weighted by Gasteiger charge is 2.29. The number of aliphatic hydroxyl groups excluding tert-OH is 1. The van der Waals surface area contributed by atoms with Gasteiger partial charge in [-0.2, -0.15) is 5.26 Å². The molecule has 12 nitrogen and oxygen atoms in total. The van der Waals surface area contributed by atoms with Gasteiger partial charge in [0.2, 0.25) is 0 Å². The molecule has 7 rings (SSSR count). The first-order valence-corrected chi connectivity index (χ1v) is 16.4. The first-order valence-electron chi connectivity index (χ1n) is 16.4. The fourth-order valence-corrected chi connectivity index (χ4v) is 6.05. The van der Waals surface area contributed by atoms with Crippen LogP contribution in [0.2, 0.25) is 0 Å². The van der Waals surface area contributed by atoms with Crippen LogP contribution in [0.4, 0.5) is 10.2 Å².